The summed E-state index contributed by atoms with van der Waals surface area (Å²) in [6, 6.07) is 6.70. The van der Waals surface area contributed by atoms with Crippen molar-refractivity contribution < 1.29 is 17.9 Å². The van der Waals surface area contributed by atoms with Gasteiger partial charge in [0.15, 0.2) is 15.5 Å². The van der Waals surface area contributed by atoms with Crippen LogP contribution < -0.4 is 10.6 Å². The molecule has 0 bridgehead atoms. The third-order valence-corrected chi connectivity index (χ3v) is 6.85. The van der Waals surface area contributed by atoms with Crippen LogP contribution in [0.25, 0.3) is 11.0 Å². The predicted molar refractivity (Wildman–Crippen MR) is 126 cm³/mol. The molecule has 1 amide bonds. The highest BCUT2D eigenvalue weighted by Gasteiger charge is 2.22. The number of benzene rings is 1. The van der Waals surface area contributed by atoms with Gasteiger partial charge in [-0.25, -0.2) is 18.1 Å². The first-order valence-corrected chi connectivity index (χ1v) is 13.0. The summed E-state index contributed by atoms with van der Waals surface area (Å²) in [6.07, 6.45) is 7.19. The van der Waals surface area contributed by atoms with Crippen LogP contribution >= 0.6 is 0 Å². The monoisotopic (exact) mass is 471 g/mol. The molecule has 1 aromatic carbocycles. The molecular formula is C23H29N5O4S. The summed E-state index contributed by atoms with van der Waals surface area (Å²) in [7, 11) is -3.26. The lowest BCUT2D eigenvalue weighted by Crippen LogP contribution is -2.30. The minimum absolute atomic E-state index is 0.203. The zero-order chi connectivity index (χ0) is 23.4. The van der Waals surface area contributed by atoms with Gasteiger partial charge in [-0.05, 0) is 37.0 Å². The van der Waals surface area contributed by atoms with Crippen LogP contribution in [0, 0.1) is 0 Å². The number of ether oxygens (including phenoxy) is 1. The van der Waals surface area contributed by atoms with Gasteiger partial charge in [0.2, 0.25) is 0 Å². The van der Waals surface area contributed by atoms with E-state index in [1.165, 1.54) is 6.26 Å². The number of aromatic nitrogens is 3. The van der Waals surface area contributed by atoms with E-state index in [9.17, 15) is 13.2 Å². The zero-order valence-corrected chi connectivity index (χ0v) is 19.7. The van der Waals surface area contributed by atoms with Crippen molar-refractivity contribution in [1.82, 2.24) is 20.1 Å². The quantitative estimate of drug-likeness (QED) is 0.519. The Hall–Kier alpha value is -2.98. The van der Waals surface area contributed by atoms with E-state index >= 15 is 0 Å². The molecule has 3 aromatic rings. The SMILES string of the molecule is CCCn1ncc2c(NC3CCOCC3)c(C(=O)NCc3ccc(S(C)(=O)=O)cc3)cnc21. The first-order valence-electron chi connectivity index (χ1n) is 11.1. The Labute approximate surface area is 193 Å². The van der Waals surface area contributed by atoms with Crippen molar-refractivity contribution in [2.45, 2.75) is 50.2 Å². The fourth-order valence-corrected chi connectivity index (χ4v) is 4.54. The molecule has 2 N–H and O–H groups in total. The first kappa shape index (κ1) is 23.2. The van der Waals surface area contributed by atoms with Crippen molar-refractivity contribution in [3.8, 4) is 0 Å². The smallest absolute Gasteiger partial charge is 0.255 e. The van der Waals surface area contributed by atoms with Crippen LogP contribution in [0.15, 0.2) is 41.6 Å². The summed E-state index contributed by atoms with van der Waals surface area (Å²) < 4.78 is 30.6. The van der Waals surface area contributed by atoms with Gasteiger partial charge in [-0.1, -0.05) is 19.1 Å². The molecule has 0 unspecified atom stereocenters. The van der Waals surface area contributed by atoms with E-state index in [-0.39, 0.29) is 23.4 Å². The Kier molecular flexibility index (Phi) is 6.94. The summed E-state index contributed by atoms with van der Waals surface area (Å²) in [5, 5.41) is 11.8. The van der Waals surface area contributed by atoms with E-state index in [0.29, 0.717) is 18.8 Å². The number of nitrogens with one attached hydrogen (secondary N) is 2. The molecule has 176 valence electrons. The summed E-state index contributed by atoms with van der Waals surface area (Å²) >= 11 is 0. The van der Waals surface area contributed by atoms with Crippen LogP contribution in [0.3, 0.4) is 0 Å². The summed E-state index contributed by atoms with van der Waals surface area (Å²) in [5.74, 6) is -0.255. The highest BCUT2D eigenvalue weighted by atomic mass is 32.2. The molecule has 2 aromatic heterocycles. The van der Waals surface area contributed by atoms with Crippen LogP contribution in [0.5, 0.6) is 0 Å². The number of aryl methyl sites for hydroxylation is 1. The Morgan fingerprint density at radius 2 is 1.91 bits per heavy atom. The highest BCUT2D eigenvalue weighted by Crippen LogP contribution is 2.28. The third-order valence-electron chi connectivity index (χ3n) is 5.72. The van der Waals surface area contributed by atoms with Crippen molar-refractivity contribution in [3.63, 3.8) is 0 Å². The second-order valence-corrected chi connectivity index (χ2v) is 10.3. The molecule has 0 radical (unpaired) electrons. The van der Waals surface area contributed by atoms with Crippen LogP contribution in [0.4, 0.5) is 5.69 Å². The minimum Gasteiger partial charge on any atom is -0.381 e. The summed E-state index contributed by atoms with van der Waals surface area (Å²) in [4.78, 5) is 17.9. The molecular weight excluding hydrogens is 442 g/mol. The molecule has 3 heterocycles. The van der Waals surface area contributed by atoms with Gasteiger partial charge < -0.3 is 15.4 Å². The van der Waals surface area contributed by atoms with Crippen LogP contribution in [0.2, 0.25) is 0 Å². The fraction of sp³-hybridized carbons (Fsp3) is 0.435. The Bertz CT molecular complexity index is 1230. The van der Waals surface area contributed by atoms with Crippen LogP contribution in [-0.4, -0.2) is 54.6 Å². The van der Waals surface area contributed by atoms with Gasteiger partial charge in [-0.15, -0.1) is 0 Å². The third kappa shape index (κ3) is 5.33. The van der Waals surface area contributed by atoms with Gasteiger partial charge in [0, 0.05) is 44.8 Å². The highest BCUT2D eigenvalue weighted by molar-refractivity contribution is 7.90. The number of amides is 1. The maximum absolute atomic E-state index is 13.1. The van der Waals surface area contributed by atoms with Crippen molar-refractivity contribution in [2.75, 3.05) is 24.8 Å². The number of nitrogens with zero attached hydrogens (tertiary/aromatic N) is 3. The summed E-state index contributed by atoms with van der Waals surface area (Å²) in [5.41, 5.74) is 2.75. The Balaban J connectivity index is 1.58. The van der Waals surface area contributed by atoms with E-state index in [1.54, 1.807) is 36.7 Å². The molecule has 0 saturated carbocycles. The lowest BCUT2D eigenvalue weighted by atomic mass is 10.1. The number of anilines is 1. The van der Waals surface area contributed by atoms with E-state index in [1.807, 2.05) is 4.68 Å². The van der Waals surface area contributed by atoms with Gasteiger partial charge in [-0.2, -0.15) is 5.10 Å². The standard InChI is InChI=1S/C23H29N5O4S/c1-3-10-28-22-19(15-26-28)21(27-17-8-11-32-12-9-17)20(14-24-22)23(29)25-13-16-4-6-18(7-5-16)33(2,30)31/h4-7,14-15,17H,3,8-13H2,1-2H3,(H,24,27)(H,25,29). The fourth-order valence-electron chi connectivity index (χ4n) is 3.91. The molecule has 0 atom stereocenters. The molecule has 10 heteroatoms. The number of rotatable bonds is 8. The van der Waals surface area contributed by atoms with Gasteiger partial charge in [-0.3, -0.25) is 4.79 Å². The second kappa shape index (κ2) is 9.88. The summed E-state index contributed by atoms with van der Waals surface area (Å²) in [6.45, 7) is 4.48. The molecule has 9 nitrogen and oxygen atoms in total. The van der Waals surface area contributed by atoms with Crippen molar-refractivity contribution in [1.29, 1.82) is 0 Å². The maximum Gasteiger partial charge on any atom is 0.255 e. The number of fused-ring (bicyclic) bond motifs is 1. The van der Waals surface area contributed by atoms with Crippen LogP contribution in [0.1, 0.15) is 42.1 Å². The van der Waals surface area contributed by atoms with E-state index < -0.39 is 9.84 Å². The average molecular weight is 472 g/mol. The van der Waals surface area contributed by atoms with Crippen molar-refractivity contribution in [3.05, 3.63) is 47.8 Å². The average Bonchev–Trinajstić information content (AvgIpc) is 3.22. The molecule has 0 spiro atoms. The van der Waals surface area contributed by atoms with Gasteiger partial charge in [0.1, 0.15) is 0 Å². The number of sulfone groups is 1. The molecule has 4 rings (SSSR count). The molecule has 1 fully saturated rings. The number of hydrogen-bond donors (Lipinski definition) is 2. The van der Waals surface area contributed by atoms with Gasteiger partial charge >= 0.3 is 0 Å². The van der Waals surface area contributed by atoms with Gasteiger partial charge in [0.25, 0.3) is 5.91 Å². The first-order chi connectivity index (χ1) is 15.9. The number of hydrogen-bond acceptors (Lipinski definition) is 7. The van der Waals surface area contributed by atoms with Crippen LogP contribution in [-0.2, 0) is 27.7 Å². The minimum atomic E-state index is -3.26. The zero-order valence-electron chi connectivity index (χ0n) is 18.9. The number of carbonyl (C=O) groups excluding carboxylic acids is 1. The maximum atomic E-state index is 13.1. The van der Waals surface area contributed by atoms with Crippen molar-refractivity contribution in [2.24, 2.45) is 0 Å². The number of carbonyl (C=O) groups is 1. The Morgan fingerprint density at radius 3 is 2.58 bits per heavy atom. The van der Waals surface area contributed by atoms with E-state index in [4.69, 9.17) is 4.74 Å². The van der Waals surface area contributed by atoms with Gasteiger partial charge in [0.05, 0.1) is 27.7 Å². The lowest BCUT2D eigenvalue weighted by Gasteiger charge is -2.25. The normalized spacial score (nSPS) is 15.0. The lowest BCUT2D eigenvalue weighted by molar-refractivity contribution is 0.0904. The Morgan fingerprint density at radius 1 is 1.18 bits per heavy atom. The predicted octanol–water partition coefficient (Wildman–Crippen LogP) is 2.77. The largest absolute Gasteiger partial charge is 0.381 e. The topological polar surface area (TPSA) is 115 Å². The molecule has 0 aliphatic carbocycles. The molecule has 33 heavy (non-hydrogen) atoms. The molecule has 1 aliphatic rings. The van der Waals surface area contributed by atoms with E-state index in [2.05, 4.69) is 27.6 Å². The molecule has 1 saturated heterocycles. The van der Waals surface area contributed by atoms with E-state index in [0.717, 1.165) is 48.1 Å². The molecule has 1 aliphatic heterocycles. The number of pyridine rings is 1. The van der Waals surface area contributed by atoms with Crippen molar-refractivity contribution >= 4 is 32.5 Å². The second-order valence-electron chi connectivity index (χ2n) is 8.28.